The standard InChI is InChI=1S/C21H23Cl2N5O4S/c1-4-32-12-16(28-10-15(25-26-28)18-7-8-19(23)33-18)21(30)27(2)11-20(29)24-14-9-13(22)5-6-17(14)31-3/h5-10,16H,4,11-12H2,1-3H3,(H,24,29). The van der Waals surface area contributed by atoms with E-state index in [0.717, 1.165) is 4.88 Å². The van der Waals surface area contributed by atoms with Crippen molar-refractivity contribution in [2.75, 3.05) is 39.2 Å². The van der Waals surface area contributed by atoms with E-state index in [1.807, 2.05) is 13.0 Å². The number of thiophene rings is 1. The number of amides is 2. The Labute approximate surface area is 205 Å². The number of nitrogens with zero attached hydrogens (tertiary/aromatic N) is 4. The van der Waals surface area contributed by atoms with Gasteiger partial charge in [-0.3, -0.25) is 9.59 Å². The van der Waals surface area contributed by atoms with Gasteiger partial charge in [-0.05, 0) is 37.3 Å². The maximum atomic E-state index is 13.2. The van der Waals surface area contributed by atoms with E-state index < -0.39 is 11.9 Å². The largest absolute Gasteiger partial charge is 0.495 e. The molecule has 0 aliphatic carbocycles. The molecule has 9 nitrogen and oxygen atoms in total. The maximum Gasteiger partial charge on any atom is 0.250 e. The Morgan fingerprint density at radius 3 is 2.73 bits per heavy atom. The van der Waals surface area contributed by atoms with Crippen LogP contribution in [-0.4, -0.2) is 65.6 Å². The van der Waals surface area contributed by atoms with Gasteiger partial charge in [0.2, 0.25) is 11.8 Å². The lowest BCUT2D eigenvalue weighted by Crippen LogP contribution is -2.41. The highest BCUT2D eigenvalue weighted by molar-refractivity contribution is 7.19. The van der Waals surface area contributed by atoms with Gasteiger partial charge in [-0.15, -0.1) is 16.4 Å². The van der Waals surface area contributed by atoms with Crippen LogP contribution < -0.4 is 10.1 Å². The SMILES string of the molecule is CCOCC(C(=O)N(C)CC(=O)Nc1cc(Cl)ccc1OC)n1cc(-c2ccc(Cl)s2)nn1. The zero-order chi connectivity index (χ0) is 24.0. The Hall–Kier alpha value is -2.66. The summed E-state index contributed by atoms with van der Waals surface area (Å²) in [5, 5.41) is 11.4. The van der Waals surface area contributed by atoms with Crippen molar-refractivity contribution in [1.82, 2.24) is 19.9 Å². The molecule has 12 heteroatoms. The van der Waals surface area contributed by atoms with Crippen LogP contribution >= 0.6 is 34.5 Å². The first-order valence-electron chi connectivity index (χ1n) is 9.96. The molecule has 0 fully saturated rings. The summed E-state index contributed by atoms with van der Waals surface area (Å²) in [6.45, 7) is 2.14. The average molecular weight is 512 g/mol. The third-order valence-electron chi connectivity index (χ3n) is 4.61. The van der Waals surface area contributed by atoms with Gasteiger partial charge >= 0.3 is 0 Å². The second-order valence-electron chi connectivity index (χ2n) is 6.95. The lowest BCUT2D eigenvalue weighted by molar-refractivity contribution is -0.138. The van der Waals surface area contributed by atoms with E-state index in [4.69, 9.17) is 32.7 Å². The van der Waals surface area contributed by atoms with Gasteiger partial charge in [0, 0.05) is 18.7 Å². The Kier molecular flexibility index (Phi) is 8.67. The third-order valence-corrected chi connectivity index (χ3v) is 6.10. The lowest BCUT2D eigenvalue weighted by atomic mass is 10.2. The van der Waals surface area contributed by atoms with Crippen LogP contribution in [0.5, 0.6) is 5.75 Å². The van der Waals surface area contributed by atoms with Crippen molar-refractivity contribution in [1.29, 1.82) is 0 Å². The molecule has 3 aromatic rings. The number of hydrogen-bond acceptors (Lipinski definition) is 7. The monoisotopic (exact) mass is 511 g/mol. The number of ether oxygens (including phenoxy) is 2. The van der Waals surface area contributed by atoms with Crippen LogP contribution in [-0.2, 0) is 14.3 Å². The number of methoxy groups -OCH3 is 1. The van der Waals surface area contributed by atoms with Crippen LogP contribution in [0.25, 0.3) is 10.6 Å². The van der Waals surface area contributed by atoms with E-state index in [-0.39, 0.29) is 19.1 Å². The minimum Gasteiger partial charge on any atom is -0.495 e. The zero-order valence-corrected chi connectivity index (χ0v) is 20.6. The van der Waals surface area contributed by atoms with Gasteiger partial charge in [-0.2, -0.15) is 0 Å². The highest BCUT2D eigenvalue weighted by atomic mass is 35.5. The number of aromatic nitrogens is 3. The first-order chi connectivity index (χ1) is 15.8. The molecule has 0 saturated heterocycles. The van der Waals surface area contributed by atoms with Gasteiger partial charge < -0.3 is 19.7 Å². The number of nitrogens with one attached hydrogen (secondary N) is 1. The molecule has 33 heavy (non-hydrogen) atoms. The molecule has 0 saturated carbocycles. The fraction of sp³-hybridized carbons (Fsp3) is 0.333. The van der Waals surface area contributed by atoms with Crippen LogP contribution in [0, 0.1) is 0 Å². The first-order valence-corrected chi connectivity index (χ1v) is 11.5. The quantitative estimate of drug-likeness (QED) is 0.441. The number of halogens is 2. The van der Waals surface area contributed by atoms with Crippen molar-refractivity contribution in [3.8, 4) is 16.3 Å². The highest BCUT2D eigenvalue weighted by Crippen LogP contribution is 2.30. The van der Waals surface area contributed by atoms with E-state index in [2.05, 4.69) is 15.6 Å². The molecule has 1 unspecified atom stereocenters. The van der Waals surface area contributed by atoms with Crippen LogP contribution in [0.3, 0.4) is 0 Å². The molecule has 0 radical (unpaired) electrons. The minimum atomic E-state index is -0.792. The van der Waals surface area contributed by atoms with Crippen LogP contribution in [0.15, 0.2) is 36.5 Å². The Morgan fingerprint density at radius 1 is 1.27 bits per heavy atom. The molecule has 0 spiro atoms. The number of carbonyl (C=O) groups is 2. The second kappa shape index (κ2) is 11.5. The smallest absolute Gasteiger partial charge is 0.250 e. The molecule has 1 atom stereocenters. The molecule has 2 amide bonds. The molecule has 3 rings (SSSR count). The fourth-order valence-electron chi connectivity index (χ4n) is 3.00. The Morgan fingerprint density at radius 2 is 2.06 bits per heavy atom. The predicted octanol–water partition coefficient (Wildman–Crippen LogP) is 4.00. The zero-order valence-electron chi connectivity index (χ0n) is 18.2. The van der Waals surface area contributed by atoms with Crippen molar-refractivity contribution < 1.29 is 19.1 Å². The number of anilines is 1. The van der Waals surface area contributed by atoms with Crippen molar-refractivity contribution in [3.63, 3.8) is 0 Å². The number of hydrogen-bond donors (Lipinski definition) is 1. The number of carbonyl (C=O) groups excluding carboxylic acids is 2. The van der Waals surface area contributed by atoms with E-state index in [1.165, 1.54) is 35.1 Å². The summed E-state index contributed by atoms with van der Waals surface area (Å²) in [7, 11) is 3.02. The molecular weight excluding hydrogens is 489 g/mol. The van der Waals surface area contributed by atoms with Crippen molar-refractivity contribution in [2.24, 2.45) is 0 Å². The molecule has 1 aromatic carbocycles. The van der Waals surface area contributed by atoms with Gasteiger partial charge in [0.1, 0.15) is 11.4 Å². The van der Waals surface area contributed by atoms with Crippen molar-refractivity contribution in [2.45, 2.75) is 13.0 Å². The van der Waals surface area contributed by atoms with E-state index >= 15 is 0 Å². The van der Waals surface area contributed by atoms with E-state index in [1.54, 1.807) is 30.5 Å². The topological polar surface area (TPSA) is 98.6 Å². The van der Waals surface area contributed by atoms with E-state index in [9.17, 15) is 9.59 Å². The summed E-state index contributed by atoms with van der Waals surface area (Å²) in [5.41, 5.74) is 1.01. The van der Waals surface area contributed by atoms with Gasteiger partial charge in [-0.25, -0.2) is 4.68 Å². The molecule has 0 aliphatic rings. The maximum absolute atomic E-state index is 13.2. The molecule has 0 aliphatic heterocycles. The number of benzene rings is 1. The minimum absolute atomic E-state index is 0.0808. The lowest BCUT2D eigenvalue weighted by Gasteiger charge is -2.23. The molecule has 1 N–H and O–H groups in total. The van der Waals surface area contributed by atoms with Gasteiger partial charge in [0.05, 0.1) is 41.4 Å². The van der Waals surface area contributed by atoms with Crippen LogP contribution in [0.2, 0.25) is 9.36 Å². The normalized spacial score (nSPS) is 11.8. The Bertz CT molecular complexity index is 1120. The van der Waals surface area contributed by atoms with E-state index in [0.29, 0.717) is 33.1 Å². The predicted molar refractivity (Wildman–Crippen MR) is 128 cm³/mol. The van der Waals surface area contributed by atoms with Gasteiger partial charge in [0.25, 0.3) is 0 Å². The number of likely N-dealkylation sites (N-methyl/N-ethyl adjacent to an activating group) is 1. The summed E-state index contributed by atoms with van der Waals surface area (Å²) >= 11 is 13.4. The fourth-order valence-corrected chi connectivity index (χ4v) is 4.16. The molecular formula is C21H23Cl2N5O4S. The highest BCUT2D eigenvalue weighted by Gasteiger charge is 2.27. The molecule has 176 valence electrons. The third kappa shape index (κ3) is 6.44. The second-order valence-corrected chi connectivity index (χ2v) is 9.10. The van der Waals surface area contributed by atoms with Crippen LogP contribution in [0.1, 0.15) is 13.0 Å². The summed E-state index contributed by atoms with van der Waals surface area (Å²) in [4.78, 5) is 27.9. The Balaban J connectivity index is 1.72. The van der Waals surface area contributed by atoms with Crippen molar-refractivity contribution in [3.05, 3.63) is 45.9 Å². The average Bonchev–Trinajstić information content (AvgIpc) is 3.43. The summed E-state index contributed by atoms with van der Waals surface area (Å²) < 4.78 is 12.8. The summed E-state index contributed by atoms with van der Waals surface area (Å²) in [5.74, 6) is -0.300. The van der Waals surface area contributed by atoms with Crippen molar-refractivity contribution >= 4 is 52.0 Å². The van der Waals surface area contributed by atoms with Gasteiger partial charge in [-0.1, -0.05) is 28.4 Å². The summed E-state index contributed by atoms with van der Waals surface area (Å²) in [6, 6.07) is 7.69. The van der Waals surface area contributed by atoms with Crippen LogP contribution in [0.4, 0.5) is 5.69 Å². The van der Waals surface area contributed by atoms with Gasteiger partial charge in [0.15, 0.2) is 6.04 Å². The first kappa shape index (κ1) is 25.0. The number of rotatable bonds is 10. The molecule has 2 aromatic heterocycles. The molecule has 0 bridgehead atoms. The summed E-state index contributed by atoms with van der Waals surface area (Å²) in [6.07, 6.45) is 1.66. The molecule has 2 heterocycles.